The third kappa shape index (κ3) is 5.81. The highest BCUT2D eigenvalue weighted by Gasteiger charge is 2.16. The Balaban J connectivity index is 1.42. The van der Waals surface area contributed by atoms with Crippen LogP contribution < -0.4 is 5.32 Å². The molecule has 0 bridgehead atoms. The number of pyridine rings is 1. The summed E-state index contributed by atoms with van der Waals surface area (Å²) in [5.74, 6) is 1.88. The molecule has 166 valence electrons. The Labute approximate surface area is 197 Å². The fourth-order valence-corrected chi connectivity index (χ4v) is 4.18. The van der Waals surface area contributed by atoms with E-state index in [2.05, 4.69) is 37.1 Å². The summed E-state index contributed by atoms with van der Waals surface area (Å²) in [4.78, 5) is 30.8. The van der Waals surface area contributed by atoms with E-state index < -0.39 is 0 Å². The van der Waals surface area contributed by atoms with E-state index in [4.69, 9.17) is 23.2 Å². The summed E-state index contributed by atoms with van der Waals surface area (Å²) in [6.07, 6.45) is 3.57. The van der Waals surface area contributed by atoms with Crippen molar-refractivity contribution in [2.24, 2.45) is 0 Å². The zero-order chi connectivity index (χ0) is 22.5. The molecule has 2 aromatic heterocycles. The Morgan fingerprint density at radius 3 is 2.47 bits per heavy atom. The van der Waals surface area contributed by atoms with Crippen molar-refractivity contribution < 1.29 is 4.79 Å². The third-order valence-corrected chi connectivity index (χ3v) is 5.98. The minimum atomic E-state index is -0.144. The Kier molecular flexibility index (Phi) is 7.32. The molecule has 7 nitrogen and oxygen atoms in total. The van der Waals surface area contributed by atoms with E-state index in [1.54, 1.807) is 42.7 Å². The molecular formula is C23H24Cl2N6O. The van der Waals surface area contributed by atoms with Gasteiger partial charge in [-0.25, -0.2) is 15.0 Å². The molecule has 0 radical (unpaired) electrons. The van der Waals surface area contributed by atoms with E-state index in [9.17, 15) is 4.79 Å². The number of Topliss-reactive ketones (excluding diaryl/α,β-unsaturated/α-hetero) is 1. The minimum Gasteiger partial charge on any atom is -0.325 e. The molecule has 1 fully saturated rings. The molecule has 1 N–H and O–H groups in total. The maximum absolute atomic E-state index is 12.7. The van der Waals surface area contributed by atoms with Gasteiger partial charge in [0.05, 0.1) is 22.2 Å². The van der Waals surface area contributed by atoms with Crippen molar-refractivity contribution in [3.8, 4) is 0 Å². The van der Waals surface area contributed by atoms with Gasteiger partial charge in [-0.05, 0) is 42.9 Å². The summed E-state index contributed by atoms with van der Waals surface area (Å²) in [6, 6.07) is 10.5. The molecule has 0 aliphatic carbocycles. The largest absolute Gasteiger partial charge is 0.325 e. The van der Waals surface area contributed by atoms with Gasteiger partial charge in [0.15, 0.2) is 5.78 Å². The van der Waals surface area contributed by atoms with Gasteiger partial charge < -0.3 is 10.2 Å². The Hall–Kier alpha value is -2.58. The zero-order valence-corrected chi connectivity index (χ0v) is 19.3. The molecular weight excluding hydrogens is 447 g/mol. The molecule has 1 saturated heterocycles. The molecule has 0 unspecified atom stereocenters. The van der Waals surface area contributed by atoms with Crippen molar-refractivity contribution in [2.45, 2.75) is 13.0 Å². The smallest absolute Gasteiger partial charge is 0.170 e. The summed E-state index contributed by atoms with van der Waals surface area (Å²) < 4.78 is 0. The molecule has 0 atom stereocenters. The Morgan fingerprint density at radius 2 is 1.72 bits per heavy atom. The number of ketones is 1. The average molecular weight is 471 g/mol. The number of nitrogens with one attached hydrogen (secondary N) is 1. The van der Waals surface area contributed by atoms with Gasteiger partial charge in [-0.15, -0.1) is 0 Å². The van der Waals surface area contributed by atoms with Crippen molar-refractivity contribution in [1.82, 2.24) is 24.8 Å². The van der Waals surface area contributed by atoms with Crippen LogP contribution in [0.1, 0.15) is 21.7 Å². The van der Waals surface area contributed by atoms with E-state index >= 15 is 0 Å². The second kappa shape index (κ2) is 10.4. The number of carbonyl (C=O) groups is 1. The van der Waals surface area contributed by atoms with Crippen molar-refractivity contribution in [3.63, 3.8) is 0 Å². The molecule has 9 heteroatoms. The topological polar surface area (TPSA) is 74.2 Å². The second-order valence-electron chi connectivity index (χ2n) is 7.81. The number of carbonyl (C=O) groups excluding carboxylic acids is 1. The van der Waals surface area contributed by atoms with Gasteiger partial charge in [-0.2, -0.15) is 0 Å². The van der Waals surface area contributed by atoms with E-state index in [0.29, 0.717) is 33.8 Å². The number of halogens is 2. The first-order chi connectivity index (χ1) is 15.5. The molecule has 4 rings (SSSR count). The average Bonchev–Trinajstić information content (AvgIpc) is 2.76. The number of hydrogen-bond acceptors (Lipinski definition) is 7. The van der Waals surface area contributed by atoms with Crippen LogP contribution in [0.4, 0.5) is 11.6 Å². The maximum atomic E-state index is 12.7. The number of rotatable bonds is 7. The predicted molar refractivity (Wildman–Crippen MR) is 127 cm³/mol. The van der Waals surface area contributed by atoms with E-state index in [1.165, 1.54) is 0 Å². The number of hydrogen-bond donors (Lipinski definition) is 1. The van der Waals surface area contributed by atoms with Crippen LogP contribution in [-0.4, -0.2) is 63.8 Å². The lowest BCUT2D eigenvalue weighted by atomic mass is 10.0. The molecule has 3 aromatic rings. The number of piperazine rings is 1. The predicted octanol–water partition coefficient (Wildman–Crippen LogP) is 4.09. The fourth-order valence-electron chi connectivity index (χ4n) is 3.57. The summed E-state index contributed by atoms with van der Waals surface area (Å²) in [6.45, 7) is 4.82. The lowest BCUT2D eigenvalue weighted by Gasteiger charge is -2.31. The molecule has 1 aliphatic rings. The van der Waals surface area contributed by atoms with Crippen LogP contribution >= 0.6 is 23.2 Å². The standard InChI is InChI=1S/C23H24Cl2N6O/c1-30-9-11-31(12-10-30)15-22-27-8-6-20(29-22)28-21-14-16(5-7-26-21)13-19(32)23-17(24)3-2-4-18(23)25/h2-8,14H,9-13,15H2,1H3,(H,26,27,28,29). The highest BCUT2D eigenvalue weighted by atomic mass is 35.5. The zero-order valence-electron chi connectivity index (χ0n) is 17.8. The summed E-state index contributed by atoms with van der Waals surface area (Å²) in [5, 5.41) is 3.91. The number of aromatic nitrogens is 3. The van der Waals surface area contributed by atoms with Crippen LogP contribution in [0.5, 0.6) is 0 Å². The van der Waals surface area contributed by atoms with Crippen LogP contribution in [-0.2, 0) is 13.0 Å². The van der Waals surface area contributed by atoms with Crippen LogP contribution in [0, 0.1) is 0 Å². The van der Waals surface area contributed by atoms with Crippen molar-refractivity contribution >= 4 is 40.6 Å². The third-order valence-electron chi connectivity index (χ3n) is 5.35. The van der Waals surface area contributed by atoms with E-state index in [1.807, 2.05) is 6.07 Å². The van der Waals surface area contributed by atoms with Crippen molar-refractivity contribution in [1.29, 1.82) is 0 Å². The van der Waals surface area contributed by atoms with Crippen LogP contribution in [0.3, 0.4) is 0 Å². The molecule has 0 saturated carbocycles. The first-order valence-corrected chi connectivity index (χ1v) is 11.2. The van der Waals surface area contributed by atoms with Gasteiger partial charge >= 0.3 is 0 Å². The van der Waals surface area contributed by atoms with Gasteiger partial charge in [0.2, 0.25) is 0 Å². The maximum Gasteiger partial charge on any atom is 0.170 e. The molecule has 0 amide bonds. The van der Waals surface area contributed by atoms with Crippen molar-refractivity contribution in [3.05, 3.63) is 75.8 Å². The normalized spacial score (nSPS) is 15.0. The number of anilines is 2. The first-order valence-electron chi connectivity index (χ1n) is 10.4. The molecule has 3 heterocycles. The number of likely N-dealkylation sites (N-methyl/N-ethyl adjacent to an activating group) is 1. The SMILES string of the molecule is CN1CCN(Cc2nccc(Nc3cc(CC(=O)c4c(Cl)cccc4Cl)ccn3)n2)CC1. The van der Waals surface area contributed by atoms with Crippen LogP contribution in [0.25, 0.3) is 0 Å². The number of benzene rings is 1. The molecule has 1 aromatic carbocycles. The lowest BCUT2D eigenvalue weighted by molar-refractivity contribution is 0.0993. The summed E-state index contributed by atoms with van der Waals surface area (Å²) >= 11 is 12.3. The quantitative estimate of drug-likeness (QED) is 0.521. The van der Waals surface area contributed by atoms with Gasteiger partial charge in [0.25, 0.3) is 0 Å². The molecule has 0 spiro atoms. The van der Waals surface area contributed by atoms with Gasteiger partial charge in [-0.1, -0.05) is 29.3 Å². The molecule has 1 aliphatic heterocycles. The Bertz CT molecular complexity index is 1080. The van der Waals surface area contributed by atoms with Gasteiger partial charge in [0, 0.05) is 45.0 Å². The molecule has 32 heavy (non-hydrogen) atoms. The van der Waals surface area contributed by atoms with Crippen molar-refractivity contribution in [2.75, 3.05) is 38.5 Å². The van der Waals surface area contributed by atoms with Gasteiger partial charge in [-0.3, -0.25) is 9.69 Å². The second-order valence-corrected chi connectivity index (χ2v) is 8.62. The highest BCUT2D eigenvalue weighted by molar-refractivity contribution is 6.39. The van der Waals surface area contributed by atoms with Crippen LogP contribution in [0.2, 0.25) is 10.0 Å². The number of nitrogens with zero attached hydrogens (tertiary/aromatic N) is 5. The first kappa shape index (κ1) is 22.6. The van der Waals surface area contributed by atoms with Gasteiger partial charge in [0.1, 0.15) is 17.5 Å². The monoisotopic (exact) mass is 470 g/mol. The fraction of sp³-hybridized carbons (Fsp3) is 0.304. The van der Waals surface area contributed by atoms with E-state index in [-0.39, 0.29) is 12.2 Å². The Morgan fingerprint density at radius 1 is 1.00 bits per heavy atom. The van der Waals surface area contributed by atoms with E-state index in [0.717, 1.165) is 37.6 Å². The summed E-state index contributed by atoms with van der Waals surface area (Å²) in [7, 11) is 2.14. The minimum absolute atomic E-state index is 0.144. The van der Waals surface area contributed by atoms with Crippen LogP contribution in [0.15, 0.2) is 48.8 Å². The highest BCUT2D eigenvalue weighted by Crippen LogP contribution is 2.26. The lowest BCUT2D eigenvalue weighted by Crippen LogP contribution is -2.44. The summed E-state index contributed by atoms with van der Waals surface area (Å²) in [5.41, 5.74) is 1.14.